The molecule has 1 saturated heterocycles. The molecule has 106 valence electrons. The van der Waals surface area contributed by atoms with Crippen LogP contribution in [0.15, 0.2) is 18.2 Å². The van der Waals surface area contributed by atoms with E-state index in [4.69, 9.17) is 5.73 Å². The minimum absolute atomic E-state index is 0.108. The number of likely N-dealkylation sites (tertiary alicyclic amines) is 1. The molecule has 0 aromatic heterocycles. The second kappa shape index (κ2) is 5.28. The van der Waals surface area contributed by atoms with Crippen molar-refractivity contribution in [1.82, 2.24) is 4.90 Å². The lowest BCUT2D eigenvalue weighted by atomic mass is 10.1. The molecule has 1 unspecified atom stereocenters. The van der Waals surface area contributed by atoms with Crippen LogP contribution in [0.25, 0.3) is 0 Å². The highest BCUT2D eigenvalue weighted by molar-refractivity contribution is 5.59. The number of hydrogen-bond donors (Lipinski definition) is 2. The minimum atomic E-state index is -4.38. The SMILES string of the molecule is CN1CCC(CNc2ccc(N)cc2C(F)(F)F)C1. The molecule has 1 atom stereocenters. The van der Waals surface area contributed by atoms with Crippen molar-refractivity contribution in [2.45, 2.75) is 12.6 Å². The zero-order valence-corrected chi connectivity index (χ0v) is 10.8. The summed E-state index contributed by atoms with van der Waals surface area (Å²) in [6.07, 6.45) is -3.37. The van der Waals surface area contributed by atoms with Gasteiger partial charge in [-0.25, -0.2) is 0 Å². The van der Waals surface area contributed by atoms with Gasteiger partial charge in [-0.15, -0.1) is 0 Å². The quantitative estimate of drug-likeness (QED) is 0.832. The lowest BCUT2D eigenvalue weighted by Gasteiger charge is -2.17. The van der Waals surface area contributed by atoms with Gasteiger partial charge in [0.2, 0.25) is 0 Å². The maximum atomic E-state index is 12.9. The molecule has 1 aliphatic heterocycles. The van der Waals surface area contributed by atoms with Crippen LogP contribution in [0, 0.1) is 5.92 Å². The molecule has 6 heteroatoms. The predicted octanol–water partition coefficient (Wildman–Crippen LogP) is 2.65. The zero-order chi connectivity index (χ0) is 14.0. The normalized spacial score (nSPS) is 20.7. The summed E-state index contributed by atoms with van der Waals surface area (Å²) in [4.78, 5) is 2.18. The van der Waals surface area contributed by atoms with Crippen molar-refractivity contribution in [3.05, 3.63) is 23.8 Å². The van der Waals surface area contributed by atoms with Crippen LogP contribution in [0.1, 0.15) is 12.0 Å². The maximum absolute atomic E-state index is 12.9. The number of halogens is 3. The average Bonchev–Trinajstić information content (AvgIpc) is 2.72. The van der Waals surface area contributed by atoms with E-state index in [2.05, 4.69) is 10.2 Å². The second-order valence-electron chi connectivity index (χ2n) is 5.10. The van der Waals surface area contributed by atoms with Gasteiger partial charge in [0.25, 0.3) is 0 Å². The monoisotopic (exact) mass is 273 g/mol. The van der Waals surface area contributed by atoms with Gasteiger partial charge in [-0.3, -0.25) is 0 Å². The molecule has 19 heavy (non-hydrogen) atoms. The number of rotatable bonds is 3. The number of nitrogens with zero attached hydrogens (tertiary/aromatic N) is 1. The van der Waals surface area contributed by atoms with E-state index >= 15 is 0 Å². The topological polar surface area (TPSA) is 41.3 Å². The Balaban J connectivity index is 2.07. The molecule has 1 aromatic rings. The van der Waals surface area contributed by atoms with Gasteiger partial charge in [0.15, 0.2) is 0 Å². The first-order chi connectivity index (χ1) is 8.86. The highest BCUT2D eigenvalue weighted by atomic mass is 19.4. The standard InChI is InChI=1S/C13H18F3N3/c1-19-5-4-9(8-19)7-18-12-3-2-10(17)6-11(12)13(14,15)16/h2-3,6,9,18H,4-5,7-8,17H2,1H3. The van der Waals surface area contributed by atoms with Crippen molar-refractivity contribution in [2.75, 3.05) is 37.7 Å². The zero-order valence-electron chi connectivity index (χ0n) is 10.8. The highest BCUT2D eigenvalue weighted by Crippen LogP contribution is 2.36. The Labute approximate surface area is 110 Å². The Morgan fingerprint density at radius 1 is 1.42 bits per heavy atom. The molecular weight excluding hydrogens is 255 g/mol. The summed E-state index contributed by atoms with van der Waals surface area (Å²) in [6, 6.07) is 3.86. The van der Waals surface area contributed by atoms with Gasteiger partial charge in [0, 0.05) is 24.5 Å². The van der Waals surface area contributed by atoms with Gasteiger partial charge in [-0.1, -0.05) is 0 Å². The summed E-state index contributed by atoms with van der Waals surface area (Å²) in [7, 11) is 2.02. The number of nitrogens with two attached hydrogens (primary N) is 1. The van der Waals surface area contributed by atoms with E-state index in [0.29, 0.717) is 12.5 Å². The fourth-order valence-electron chi connectivity index (χ4n) is 2.40. The van der Waals surface area contributed by atoms with E-state index in [1.807, 2.05) is 7.05 Å². The second-order valence-corrected chi connectivity index (χ2v) is 5.10. The molecule has 0 aliphatic carbocycles. The van der Waals surface area contributed by atoms with E-state index in [-0.39, 0.29) is 11.4 Å². The lowest BCUT2D eigenvalue weighted by molar-refractivity contribution is -0.136. The number of anilines is 2. The van der Waals surface area contributed by atoms with Crippen LogP contribution in [0.5, 0.6) is 0 Å². The van der Waals surface area contributed by atoms with Crippen LogP contribution >= 0.6 is 0 Å². The minimum Gasteiger partial charge on any atom is -0.399 e. The molecule has 1 aliphatic rings. The smallest absolute Gasteiger partial charge is 0.399 e. The van der Waals surface area contributed by atoms with Gasteiger partial charge in [-0.2, -0.15) is 13.2 Å². The summed E-state index contributed by atoms with van der Waals surface area (Å²) < 4.78 is 38.7. The van der Waals surface area contributed by atoms with E-state index < -0.39 is 11.7 Å². The number of nitrogens with one attached hydrogen (secondary N) is 1. The Morgan fingerprint density at radius 2 is 2.16 bits per heavy atom. The Hall–Kier alpha value is -1.43. The Morgan fingerprint density at radius 3 is 2.74 bits per heavy atom. The molecule has 1 fully saturated rings. The van der Waals surface area contributed by atoms with Crippen LogP contribution in [0.2, 0.25) is 0 Å². The number of alkyl halides is 3. The molecule has 2 rings (SSSR count). The van der Waals surface area contributed by atoms with Gasteiger partial charge < -0.3 is 16.0 Å². The van der Waals surface area contributed by atoms with Crippen molar-refractivity contribution in [2.24, 2.45) is 5.92 Å². The van der Waals surface area contributed by atoms with Crippen molar-refractivity contribution in [3.63, 3.8) is 0 Å². The molecule has 3 N–H and O–H groups in total. The number of hydrogen-bond acceptors (Lipinski definition) is 3. The van der Waals surface area contributed by atoms with Crippen molar-refractivity contribution in [1.29, 1.82) is 0 Å². The highest BCUT2D eigenvalue weighted by Gasteiger charge is 2.34. The first-order valence-corrected chi connectivity index (χ1v) is 6.25. The molecule has 0 radical (unpaired) electrons. The molecule has 1 heterocycles. The van der Waals surface area contributed by atoms with Gasteiger partial charge in [-0.05, 0) is 44.1 Å². The molecule has 1 aromatic carbocycles. The predicted molar refractivity (Wildman–Crippen MR) is 70.0 cm³/mol. The summed E-state index contributed by atoms with van der Waals surface area (Å²) in [5, 5.41) is 2.91. The molecule has 0 bridgehead atoms. The first kappa shape index (κ1) is 14.0. The van der Waals surface area contributed by atoms with Gasteiger partial charge >= 0.3 is 6.18 Å². The van der Waals surface area contributed by atoms with Crippen molar-refractivity contribution >= 4 is 11.4 Å². The van der Waals surface area contributed by atoms with E-state index in [1.54, 1.807) is 0 Å². The van der Waals surface area contributed by atoms with Crippen LogP contribution in [0.3, 0.4) is 0 Å². The third kappa shape index (κ3) is 3.53. The van der Waals surface area contributed by atoms with E-state index in [1.165, 1.54) is 12.1 Å². The van der Waals surface area contributed by atoms with Crippen LogP contribution < -0.4 is 11.1 Å². The maximum Gasteiger partial charge on any atom is 0.418 e. The molecule has 0 spiro atoms. The molecular formula is C13H18F3N3. The van der Waals surface area contributed by atoms with Crippen molar-refractivity contribution < 1.29 is 13.2 Å². The third-order valence-corrected chi connectivity index (χ3v) is 3.42. The number of nitrogen functional groups attached to an aromatic ring is 1. The molecule has 0 saturated carbocycles. The molecule has 0 amide bonds. The van der Waals surface area contributed by atoms with Crippen molar-refractivity contribution in [3.8, 4) is 0 Å². The summed E-state index contributed by atoms with van der Waals surface area (Å²) in [6.45, 7) is 2.47. The van der Waals surface area contributed by atoms with E-state index in [9.17, 15) is 13.2 Å². The van der Waals surface area contributed by atoms with E-state index in [0.717, 1.165) is 25.6 Å². The number of benzene rings is 1. The van der Waals surface area contributed by atoms with Gasteiger partial charge in [0.1, 0.15) is 0 Å². The fraction of sp³-hybridized carbons (Fsp3) is 0.538. The third-order valence-electron chi connectivity index (χ3n) is 3.42. The van der Waals surface area contributed by atoms with Gasteiger partial charge in [0.05, 0.1) is 5.56 Å². The Kier molecular flexibility index (Phi) is 3.89. The first-order valence-electron chi connectivity index (χ1n) is 6.25. The van der Waals surface area contributed by atoms with Crippen LogP contribution in [-0.2, 0) is 6.18 Å². The fourth-order valence-corrected chi connectivity index (χ4v) is 2.40. The van der Waals surface area contributed by atoms with Crippen LogP contribution in [-0.4, -0.2) is 31.6 Å². The Bertz CT molecular complexity index is 445. The summed E-state index contributed by atoms with van der Waals surface area (Å²) in [5.74, 6) is 0.392. The summed E-state index contributed by atoms with van der Waals surface area (Å²) in [5.41, 5.74) is 4.96. The average molecular weight is 273 g/mol. The summed E-state index contributed by atoms with van der Waals surface area (Å²) >= 11 is 0. The lowest BCUT2D eigenvalue weighted by Crippen LogP contribution is -2.20. The van der Waals surface area contributed by atoms with Crippen LogP contribution in [0.4, 0.5) is 24.5 Å². The largest absolute Gasteiger partial charge is 0.418 e. The molecule has 3 nitrogen and oxygen atoms in total.